The maximum atomic E-state index is 4.25. The molecule has 0 bridgehead atoms. The van der Waals surface area contributed by atoms with Gasteiger partial charge in [-0.25, -0.2) is 9.97 Å². The molecule has 2 aromatic heterocycles. The lowest BCUT2D eigenvalue weighted by Gasteiger charge is -2.19. The van der Waals surface area contributed by atoms with E-state index < -0.39 is 0 Å². The van der Waals surface area contributed by atoms with E-state index in [1.54, 1.807) is 12.5 Å². The highest BCUT2D eigenvalue weighted by Gasteiger charge is 2.13. The number of hydrogen-bond donors (Lipinski definition) is 1. The van der Waals surface area contributed by atoms with Gasteiger partial charge < -0.3 is 5.32 Å². The monoisotopic (exact) mass is 276 g/mol. The fourth-order valence-corrected chi connectivity index (χ4v) is 2.26. The van der Waals surface area contributed by atoms with Gasteiger partial charge in [0, 0.05) is 25.1 Å². The van der Waals surface area contributed by atoms with Crippen LogP contribution in [0.4, 0.5) is 0 Å². The summed E-state index contributed by atoms with van der Waals surface area (Å²) in [4.78, 5) is 12.3. The molecule has 0 spiro atoms. The quantitative estimate of drug-likeness (QED) is 0.778. The predicted octanol–water partition coefficient (Wildman–Crippen LogP) is 2.75. The van der Waals surface area contributed by atoms with Crippen molar-refractivity contribution in [2.24, 2.45) is 0 Å². The van der Waals surface area contributed by atoms with Gasteiger partial charge in [-0.1, -0.05) is 30.3 Å². The molecule has 0 aliphatic carbocycles. The zero-order valence-electron chi connectivity index (χ0n) is 11.6. The Labute approximate surface area is 123 Å². The number of pyridine rings is 1. The van der Waals surface area contributed by atoms with Crippen molar-refractivity contribution >= 4 is 0 Å². The van der Waals surface area contributed by atoms with Crippen LogP contribution in [0.25, 0.3) is 0 Å². The number of nitrogens with one attached hydrogen (secondary N) is 1. The summed E-state index contributed by atoms with van der Waals surface area (Å²) in [7, 11) is 0. The molecular formula is C17H16N4. The van der Waals surface area contributed by atoms with Crippen molar-refractivity contribution in [2.45, 2.75) is 12.6 Å². The van der Waals surface area contributed by atoms with Crippen LogP contribution in [-0.2, 0) is 6.54 Å². The molecule has 0 saturated carbocycles. The van der Waals surface area contributed by atoms with Crippen LogP contribution >= 0.6 is 0 Å². The fourth-order valence-electron chi connectivity index (χ4n) is 2.26. The summed E-state index contributed by atoms with van der Waals surface area (Å²) in [5.41, 5.74) is 3.38. The van der Waals surface area contributed by atoms with Gasteiger partial charge >= 0.3 is 0 Å². The van der Waals surface area contributed by atoms with Crippen LogP contribution in [0.5, 0.6) is 0 Å². The van der Waals surface area contributed by atoms with Crippen molar-refractivity contribution in [2.75, 3.05) is 0 Å². The Morgan fingerprint density at radius 2 is 1.52 bits per heavy atom. The van der Waals surface area contributed by atoms with E-state index in [0.29, 0.717) is 6.54 Å². The minimum absolute atomic E-state index is 0.115. The first-order valence-corrected chi connectivity index (χ1v) is 6.86. The van der Waals surface area contributed by atoms with E-state index >= 15 is 0 Å². The average molecular weight is 276 g/mol. The second-order valence-corrected chi connectivity index (χ2v) is 4.71. The first kappa shape index (κ1) is 13.4. The molecule has 0 radical (unpaired) electrons. The van der Waals surface area contributed by atoms with Crippen molar-refractivity contribution in [1.29, 1.82) is 0 Å². The molecular weight excluding hydrogens is 260 g/mol. The van der Waals surface area contributed by atoms with Crippen molar-refractivity contribution in [3.8, 4) is 0 Å². The van der Waals surface area contributed by atoms with E-state index in [1.165, 1.54) is 11.1 Å². The van der Waals surface area contributed by atoms with Crippen LogP contribution in [-0.4, -0.2) is 15.0 Å². The van der Waals surface area contributed by atoms with Gasteiger partial charge in [-0.2, -0.15) is 0 Å². The summed E-state index contributed by atoms with van der Waals surface area (Å²) in [5.74, 6) is 0. The molecule has 1 N–H and O–H groups in total. The Hall–Kier alpha value is -2.59. The molecule has 1 aromatic carbocycles. The van der Waals surface area contributed by atoms with Crippen LogP contribution in [0.15, 0.2) is 73.4 Å². The lowest BCUT2D eigenvalue weighted by atomic mass is 9.99. The number of hydrogen-bond acceptors (Lipinski definition) is 4. The molecule has 0 amide bonds. The first-order chi connectivity index (χ1) is 10.4. The molecule has 0 saturated heterocycles. The summed E-state index contributed by atoms with van der Waals surface area (Å²) >= 11 is 0. The van der Waals surface area contributed by atoms with Crippen LogP contribution in [0.2, 0.25) is 0 Å². The zero-order valence-corrected chi connectivity index (χ0v) is 11.6. The zero-order chi connectivity index (χ0) is 14.3. The van der Waals surface area contributed by atoms with Crippen LogP contribution in [0.3, 0.4) is 0 Å². The summed E-state index contributed by atoms with van der Waals surface area (Å²) < 4.78 is 0. The van der Waals surface area contributed by atoms with Crippen LogP contribution < -0.4 is 5.32 Å². The number of benzene rings is 1. The standard InChI is InChI=1S/C17H16N4/c1-2-4-14(5-3-1)17(15-6-9-18-10-7-15)20-12-16-8-11-19-13-21-16/h1-11,13,17,20H,12H2. The van der Waals surface area contributed by atoms with E-state index in [-0.39, 0.29) is 6.04 Å². The molecule has 0 fully saturated rings. The highest BCUT2D eigenvalue weighted by molar-refractivity contribution is 5.30. The second-order valence-electron chi connectivity index (χ2n) is 4.71. The SMILES string of the molecule is c1ccc(C(NCc2ccncn2)c2ccncc2)cc1. The molecule has 1 unspecified atom stereocenters. The van der Waals surface area contributed by atoms with Gasteiger partial charge in [0.25, 0.3) is 0 Å². The highest BCUT2D eigenvalue weighted by Crippen LogP contribution is 2.21. The van der Waals surface area contributed by atoms with Gasteiger partial charge in [-0.15, -0.1) is 0 Å². The minimum Gasteiger partial charge on any atom is -0.301 e. The second kappa shape index (κ2) is 6.72. The van der Waals surface area contributed by atoms with Crippen LogP contribution in [0, 0.1) is 0 Å². The van der Waals surface area contributed by atoms with Crippen molar-refractivity contribution in [1.82, 2.24) is 20.3 Å². The highest BCUT2D eigenvalue weighted by atomic mass is 14.9. The van der Waals surface area contributed by atoms with E-state index in [1.807, 2.05) is 36.7 Å². The Morgan fingerprint density at radius 1 is 0.810 bits per heavy atom. The number of aromatic nitrogens is 3. The molecule has 104 valence electrons. The molecule has 4 heteroatoms. The Morgan fingerprint density at radius 3 is 2.24 bits per heavy atom. The van der Waals surface area contributed by atoms with Gasteiger partial charge in [0.1, 0.15) is 6.33 Å². The molecule has 0 aliphatic heterocycles. The summed E-state index contributed by atoms with van der Waals surface area (Å²) in [6.45, 7) is 0.685. The third-order valence-electron chi connectivity index (χ3n) is 3.30. The first-order valence-electron chi connectivity index (χ1n) is 6.86. The minimum atomic E-state index is 0.115. The summed E-state index contributed by atoms with van der Waals surface area (Å²) in [6, 6.07) is 16.5. The molecule has 3 rings (SSSR count). The summed E-state index contributed by atoms with van der Waals surface area (Å²) in [5, 5.41) is 3.55. The van der Waals surface area contributed by atoms with E-state index in [4.69, 9.17) is 0 Å². The Kier molecular flexibility index (Phi) is 4.29. The number of nitrogens with zero attached hydrogens (tertiary/aromatic N) is 3. The summed E-state index contributed by atoms with van der Waals surface area (Å²) in [6.07, 6.45) is 6.96. The third-order valence-corrected chi connectivity index (χ3v) is 3.30. The molecule has 4 nitrogen and oxygen atoms in total. The van der Waals surface area contributed by atoms with E-state index in [2.05, 4.69) is 44.5 Å². The fraction of sp³-hybridized carbons (Fsp3) is 0.118. The molecule has 0 aliphatic rings. The van der Waals surface area contributed by atoms with Gasteiger partial charge in [-0.05, 0) is 29.3 Å². The predicted molar refractivity (Wildman–Crippen MR) is 81.4 cm³/mol. The lowest BCUT2D eigenvalue weighted by Crippen LogP contribution is -2.22. The van der Waals surface area contributed by atoms with Crippen molar-refractivity contribution in [3.63, 3.8) is 0 Å². The van der Waals surface area contributed by atoms with Gasteiger partial charge in [0.2, 0.25) is 0 Å². The molecule has 21 heavy (non-hydrogen) atoms. The Bertz CT molecular complexity index is 617. The molecule has 1 atom stereocenters. The average Bonchev–Trinajstić information content (AvgIpc) is 2.58. The smallest absolute Gasteiger partial charge is 0.115 e. The third kappa shape index (κ3) is 3.49. The van der Waals surface area contributed by atoms with Gasteiger partial charge in [-0.3, -0.25) is 4.98 Å². The molecule has 2 heterocycles. The van der Waals surface area contributed by atoms with Crippen molar-refractivity contribution in [3.05, 3.63) is 90.3 Å². The van der Waals surface area contributed by atoms with Crippen molar-refractivity contribution < 1.29 is 0 Å². The Balaban J connectivity index is 1.83. The largest absolute Gasteiger partial charge is 0.301 e. The maximum Gasteiger partial charge on any atom is 0.115 e. The van der Waals surface area contributed by atoms with E-state index in [0.717, 1.165) is 5.69 Å². The topological polar surface area (TPSA) is 50.7 Å². The maximum absolute atomic E-state index is 4.25. The molecule has 3 aromatic rings. The van der Waals surface area contributed by atoms with Gasteiger partial charge in [0.05, 0.1) is 11.7 Å². The van der Waals surface area contributed by atoms with Gasteiger partial charge in [0.15, 0.2) is 0 Å². The van der Waals surface area contributed by atoms with Crippen LogP contribution in [0.1, 0.15) is 22.9 Å². The lowest BCUT2D eigenvalue weighted by molar-refractivity contribution is 0.595. The number of rotatable bonds is 5. The van der Waals surface area contributed by atoms with E-state index in [9.17, 15) is 0 Å². The normalized spacial score (nSPS) is 12.0.